The van der Waals surface area contributed by atoms with Gasteiger partial charge in [-0.25, -0.2) is 4.98 Å². The zero-order chi connectivity index (χ0) is 20.1. The summed E-state index contributed by atoms with van der Waals surface area (Å²) in [6, 6.07) is 13.3. The maximum atomic E-state index is 11.8. The Balaban J connectivity index is 1.70. The van der Waals surface area contributed by atoms with Crippen LogP contribution in [0.2, 0.25) is 0 Å². The molecule has 2 aromatic carbocycles. The van der Waals surface area contributed by atoms with Gasteiger partial charge in [-0.1, -0.05) is 17.7 Å². The summed E-state index contributed by atoms with van der Waals surface area (Å²) in [5.74, 6) is -0.463. The lowest BCUT2D eigenvalue weighted by Gasteiger charge is -2.05. The summed E-state index contributed by atoms with van der Waals surface area (Å²) in [6.45, 7) is 6.03. The molecule has 0 fully saturated rings. The minimum atomic E-state index is -0.546. The van der Waals surface area contributed by atoms with Crippen LogP contribution in [0.3, 0.4) is 0 Å². The Hall–Kier alpha value is -3.41. The number of benzene rings is 2. The van der Waals surface area contributed by atoms with Crippen molar-refractivity contribution in [2.75, 3.05) is 11.9 Å². The van der Waals surface area contributed by atoms with E-state index in [1.165, 1.54) is 0 Å². The van der Waals surface area contributed by atoms with Crippen LogP contribution in [0.25, 0.3) is 22.7 Å². The summed E-state index contributed by atoms with van der Waals surface area (Å²) >= 11 is 0. The maximum Gasteiger partial charge on any atom is 0.315 e. The SMILES string of the molecule is CCOC(=O)CC(=O)Nc1ccc(-c2nc(-c3cc(C)ccc3C)co2)cc1. The molecule has 1 aromatic heterocycles. The van der Waals surface area contributed by atoms with Gasteiger partial charge in [0.25, 0.3) is 0 Å². The fourth-order valence-electron chi connectivity index (χ4n) is 2.79. The number of rotatable bonds is 6. The lowest BCUT2D eigenvalue weighted by atomic mass is 10.0. The van der Waals surface area contributed by atoms with E-state index in [9.17, 15) is 9.59 Å². The second kappa shape index (κ2) is 8.52. The Morgan fingerprint density at radius 3 is 2.57 bits per heavy atom. The fraction of sp³-hybridized carbons (Fsp3) is 0.227. The van der Waals surface area contributed by atoms with Crippen LogP contribution in [0.1, 0.15) is 24.5 Å². The fourth-order valence-corrected chi connectivity index (χ4v) is 2.79. The quantitative estimate of drug-likeness (QED) is 0.504. The summed E-state index contributed by atoms with van der Waals surface area (Å²) < 4.78 is 10.4. The van der Waals surface area contributed by atoms with E-state index < -0.39 is 11.9 Å². The number of aryl methyl sites for hydroxylation is 2. The normalized spacial score (nSPS) is 10.5. The van der Waals surface area contributed by atoms with Crippen molar-refractivity contribution in [3.05, 3.63) is 59.9 Å². The predicted octanol–water partition coefficient (Wildman–Crippen LogP) is 4.52. The van der Waals surface area contributed by atoms with E-state index in [-0.39, 0.29) is 13.0 Å². The monoisotopic (exact) mass is 378 g/mol. The van der Waals surface area contributed by atoms with Gasteiger partial charge in [-0.15, -0.1) is 0 Å². The molecule has 0 unspecified atom stereocenters. The first kappa shape index (κ1) is 19.4. The molecule has 0 atom stereocenters. The Kier molecular flexibility index (Phi) is 5.89. The highest BCUT2D eigenvalue weighted by Gasteiger charge is 2.12. The molecule has 0 bridgehead atoms. The number of carbonyl (C=O) groups is 2. The molecule has 0 aliphatic heterocycles. The van der Waals surface area contributed by atoms with Crippen molar-refractivity contribution in [2.45, 2.75) is 27.2 Å². The summed E-state index contributed by atoms with van der Waals surface area (Å²) in [5, 5.41) is 2.66. The first-order chi connectivity index (χ1) is 13.5. The Morgan fingerprint density at radius 2 is 1.86 bits per heavy atom. The van der Waals surface area contributed by atoms with Crippen molar-refractivity contribution >= 4 is 17.6 Å². The van der Waals surface area contributed by atoms with Gasteiger partial charge in [0, 0.05) is 16.8 Å². The topological polar surface area (TPSA) is 81.4 Å². The number of hydrogen-bond donors (Lipinski definition) is 1. The standard InChI is InChI=1S/C22H22N2O4/c1-4-27-21(26)12-20(25)23-17-9-7-16(8-10-17)22-24-19(13-28-22)18-11-14(2)5-6-15(18)3/h5-11,13H,4,12H2,1-3H3,(H,23,25). The minimum Gasteiger partial charge on any atom is -0.466 e. The molecule has 1 heterocycles. The number of aromatic nitrogens is 1. The maximum absolute atomic E-state index is 11.8. The van der Waals surface area contributed by atoms with Gasteiger partial charge in [0.1, 0.15) is 18.4 Å². The Morgan fingerprint density at radius 1 is 1.11 bits per heavy atom. The average Bonchev–Trinajstić information content (AvgIpc) is 3.14. The summed E-state index contributed by atoms with van der Waals surface area (Å²) in [7, 11) is 0. The van der Waals surface area contributed by atoms with Crippen LogP contribution < -0.4 is 5.32 Å². The number of carbonyl (C=O) groups excluding carboxylic acids is 2. The molecule has 6 heteroatoms. The number of hydrogen-bond acceptors (Lipinski definition) is 5. The van der Waals surface area contributed by atoms with Crippen LogP contribution in [-0.2, 0) is 14.3 Å². The van der Waals surface area contributed by atoms with Gasteiger partial charge in [-0.3, -0.25) is 9.59 Å². The van der Waals surface area contributed by atoms with Gasteiger partial charge in [-0.05, 0) is 56.7 Å². The molecule has 0 aliphatic rings. The summed E-state index contributed by atoms with van der Waals surface area (Å²) in [6.07, 6.45) is 1.33. The van der Waals surface area contributed by atoms with Crippen molar-refractivity contribution in [3.63, 3.8) is 0 Å². The van der Waals surface area contributed by atoms with Gasteiger partial charge in [-0.2, -0.15) is 0 Å². The molecular weight excluding hydrogens is 356 g/mol. The van der Waals surface area contributed by atoms with Gasteiger partial charge >= 0.3 is 5.97 Å². The van der Waals surface area contributed by atoms with E-state index in [1.54, 1.807) is 37.5 Å². The Bertz CT molecular complexity index is 990. The van der Waals surface area contributed by atoms with Gasteiger partial charge in [0.05, 0.1) is 6.61 Å². The number of amides is 1. The molecule has 144 valence electrons. The van der Waals surface area contributed by atoms with Crippen LogP contribution in [-0.4, -0.2) is 23.5 Å². The van der Waals surface area contributed by atoms with Crippen molar-refractivity contribution in [2.24, 2.45) is 0 Å². The third-order valence-electron chi connectivity index (χ3n) is 4.20. The number of anilines is 1. The molecular formula is C22H22N2O4. The molecule has 0 spiro atoms. The molecule has 1 N–H and O–H groups in total. The zero-order valence-electron chi connectivity index (χ0n) is 16.1. The van der Waals surface area contributed by atoms with Gasteiger partial charge < -0.3 is 14.5 Å². The molecule has 6 nitrogen and oxygen atoms in total. The first-order valence-corrected chi connectivity index (χ1v) is 9.05. The van der Waals surface area contributed by atoms with Crippen LogP contribution in [0.15, 0.2) is 53.1 Å². The molecule has 0 aliphatic carbocycles. The lowest BCUT2D eigenvalue weighted by molar-refractivity contribution is -0.145. The minimum absolute atomic E-state index is 0.251. The lowest BCUT2D eigenvalue weighted by Crippen LogP contribution is -2.18. The number of ether oxygens (including phenoxy) is 1. The number of oxazole rings is 1. The van der Waals surface area contributed by atoms with Crippen LogP contribution in [0.5, 0.6) is 0 Å². The molecule has 0 saturated heterocycles. The molecule has 28 heavy (non-hydrogen) atoms. The van der Waals surface area contributed by atoms with Crippen molar-refractivity contribution in [3.8, 4) is 22.7 Å². The first-order valence-electron chi connectivity index (χ1n) is 9.05. The highest BCUT2D eigenvalue weighted by atomic mass is 16.5. The highest BCUT2D eigenvalue weighted by Crippen LogP contribution is 2.28. The van der Waals surface area contributed by atoms with Crippen molar-refractivity contribution in [1.29, 1.82) is 0 Å². The third-order valence-corrected chi connectivity index (χ3v) is 4.20. The van der Waals surface area contributed by atoms with Crippen LogP contribution >= 0.6 is 0 Å². The summed E-state index contributed by atoms with van der Waals surface area (Å²) in [4.78, 5) is 27.8. The van der Waals surface area contributed by atoms with Gasteiger partial charge in [0.2, 0.25) is 11.8 Å². The van der Waals surface area contributed by atoms with Crippen molar-refractivity contribution in [1.82, 2.24) is 4.98 Å². The van der Waals surface area contributed by atoms with Crippen LogP contribution in [0, 0.1) is 13.8 Å². The average molecular weight is 378 g/mol. The summed E-state index contributed by atoms with van der Waals surface area (Å²) in [5.41, 5.74) is 5.48. The van der Waals surface area contributed by atoms with E-state index in [0.29, 0.717) is 11.6 Å². The van der Waals surface area contributed by atoms with E-state index in [0.717, 1.165) is 27.9 Å². The van der Waals surface area contributed by atoms with Crippen molar-refractivity contribution < 1.29 is 18.7 Å². The van der Waals surface area contributed by atoms with E-state index in [1.807, 2.05) is 13.8 Å². The molecule has 1 amide bonds. The smallest absolute Gasteiger partial charge is 0.315 e. The zero-order valence-corrected chi connectivity index (χ0v) is 16.1. The number of esters is 1. The highest BCUT2D eigenvalue weighted by molar-refractivity contribution is 6.01. The van der Waals surface area contributed by atoms with Crippen LogP contribution in [0.4, 0.5) is 5.69 Å². The van der Waals surface area contributed by atoms with E-state index >= 15 is 0 Å². The molecule has 0 radical (unpaired) electrons. The Labute approximate surface area is 163 Å². The molecule has 3 aromatic rings. The number of nitrogens with one attached hydrogen (secondary N) is 1. The second-order valence-corrected chi connectivity index (χ2v) is 6.46. The predicted molar refractivity (Wildman–Crippen MR) is 107 cm³/mol. The molecule has 3 rings (SSSR count). The number of nitrogens with zero attached hydrogens (tertiary/aromatic N) is 1. The van der Waals surface area contributed by atoms with E-state index in [4.69, 9.17) is 9.15 Å². The second-order valence-electron chi connectivity index (χ2n) is 6.46. The third kappa shape index (κ3) is 4.65. The van der Waals surface area contributed by atoms with Gasteiger partial charge in [0.15, 0.2) is 0 Å². The van der Waals surface area contributed by atoms with E-state index in [2.05, 4.69) is 28.5 Å². The molecule has 0 saturated carbocycles. The largest absolute Gasteiger partial charge is 0.466 e.